The van der Waals surface area contributed by atoms with Gasteiger partial charge in [-0.1, -0.05) is 12.1 Å². The van der Waals surface area contributed by atoms with E-state index in [1.807, 2.05) is 40.4 Å². The maximum absolute atomic E-state index is 11.4. The van der Waals surface area contributed by atoms with E-state index >= 15 is 0 Å². The molecule has 25 heavy (non-hydrogen) atoms. The van der Waals surface area contributed by atoms with Crippen LogP contribution in [0.4, 0.5) is 5.13 Å². The summed E-state index contributed by atoms with van der Waals surface area (Å²) in [5.41, 5.74) is 5.53. The molecular weight excluding hydrogens is 338 g/mol. The molecule has 0 fully saturated rings. The Kier molecular flexibility index (Phi) is 5.53. The Morgan fingerprint density at radius 3 is 2.96 bits per heavy atom. The first-order chi connectivity index (χ1) is 12.2. The van der Waals surface area contributed by atoms with Gasteiger partial charge in [0.15, 0.2) is 0 Å². The molecule has 0 unspecified atom stereocenters. The lowest BCUT2D eigenvalue weighted by molar-refractivity contribution is -0.142. The van der Waals surface area contributed by atoms with Crippen LogP contribution in [0.1, 0.15) is 18.2 Å². The van der Waals surface area contributed by atoms with Gasteiger partial charge in [-0.25, -0.2) is 9.97 Å². The topological polar surface area (TPSA) is 81.4 Å². The van der Waals surface area contributed by atoms with Crippen molar-refractivity contribution < 1.29 is 9.53 Å². The van der Waals surface area contributed by atoms with Gasteiger partial charge in [0, 0.05) is 23.5 Å². The third kappa shape index (κ3) is 4.74. The van der Waals surface area contributed by atoms with Crippen molar-refractivity contribution in [1.82, 2.24) is 14.5 Å². The van der Waals surface area contributed by atoms with Gasteiger partial charge < -0.3 is 9.30 Å². The number of nitrogens with one attached hydrogen (secondary N) is 1. The van der Waals surface area contributed by atoms with E-state index in [9.17, 15) is 4.79 Å². The van der Waals surface area contributed by atoms with Crippen LogP contribution in [0.25, 0.3) is 5.69 Å². The van der Waals surface area contributed by atoms with Crippen LogP contribution in [0.15, 0.2) is 53.5 Å². The summed E-state index contributed by atoms with van der Waals surface area (Å²) in [6.45, 7) is 2.15. The summed E-state index contributed by atoms with van der Waals surface area (Å²) in [7, 11) is 0. The number of carbonyl (C=O) groups is 1. The zero-order valence-corrected chi connectivity index (χ0v) is 14.4. The summed E-state index contributed by atoms with van der Waals surface area (Å²) >= 11 is 1.39. The number of hydrogen-bond acceptors (Lipinski definition) is 7. The minimum Gasteiger partial charge on any atom is -0.466 e. The highest BCUT2D eigenvalue weighted by Crippen LogP contribution is 2.16. The molecule has 128 valence electrons. The van der Waals surface area contributed by atoms with E-state index in [0.717, 1.165) is 11.3 Å². The molecule has 0 spiro atoms. The van der Waals surface area contributed by atoms with E-state index < -0.39 is 0 Å². The van der Waals surface area contributed by atoms with Gasteiger partial charge in [-0.15, -0.1) is 11.3 Å². The number of benzene rings is 1. The molecule has 0 saturated carbocycles. The van der Waals surface area contributed by atoms with Crippen LogP contribution in [-0.4, -0.2) is 33.3 Å². The zero-order valence-electron chi connectivity index (χ0n) is 13.6. The Hall–Kier alpha value is -3.00. The molecule has 1 aromatic carbocycles. The second-order valence-corrected chi connectivity index (χ2v) is 5.92. The lowest BCUT2D eigenvalue weighted by Crippen LogP contribution is -2.07. The van der Waals surface area contributed by atoms with E-state index in [4.69, 9.17) is 4.74 Å². The first kappa shape index (κ1) is 16.8. The van der Waals surface area contributed by atoms with Gasteiger partial charge in [-0.3, -0.25) is 10.2 Å². The summed E-state index contributed by atoms with van der Waals surface area (Å²) in [4.78, 5) is 19.7. The molecule has 0 saturated heterocycles. The van der Waals surface area contributed by atoms with Crippen molar-refractivity contribution >= 4 is 28.7 Å². The van der Waals surface area contributed by atoms with Crippen molar-refractivity contribution in [2.24, 2.45) is 5.10 Å². The number of ether oxygens (including phenoxy) is 1. The number of rotatable bonds is 7. The molecule has 8 heteroatoms. The van der Waals surface area contributed by atoms with Crippen LogP contribution in [-0.2, 0) is 16.0 Å². The monoisotopic (exact) mass is 355 g/mol. The number of thiazole rings is 1. The number of nitrogens with zero attached hydrogens (tertiary/aromatic N) is 4. The maximum atomic E-state index is 11.4. The minimum atomic E-state index is -0.277. The van der Waals surface area contributed by atoms with E-state index in [1.165, 1.54) is 11.3 Å². The number of esters is 1. The normalized spacial score (nSPS) is 10.9. The van der Waals surface area contributed by atoms with Crippen molar-refractivity contribution in [2.75, 3.05) is 12.0 Å². The molecule has 0 aliphatic rings. The number of hydrogen-bond donors (Lipinski definition) is 1. The molecule has 0 atom stereocenters. The van der Waals surface area contributed by atoms with Crippen molar-refractivity contribution in [3.63, 3.8) is 0 Å². The van der Waals surface area contributed by atoms with Gasteiger partial charge >= 0.3 is 5.97 Å². The van der Waals surface area contributed by atoms with Crippen molar-refractivity contribution in [3.05, 3.63) is 59.6 Å². The van der Waals surface area contributed by atoms with Crippen LogP contribution in [0, 0.1) is 0 Å². The average Bonchev–Trinajstić information content (AvgIpc) is 3.28. The fraction of sp³-hybridized carbons (Fsp3) is 0.176. The minimum absolute atomic E-state index is 0.172. The molecule has 0 amide bonds. The van der Waals surface area contributed by atoms with Gasteiger partial charge in [0.25, 0.3) is 0 Å². The molecule has 0 radical (unpaired) electrons. The SMILES string of the molecule is CCOC(=O)Cc1csc(NN=Cc2ccc(-n3ccnc3)cc2)n1. The average molecular weight is 355 g/mol. The molecule has 0 aliphatic heterocycles. The Balaban J connectivity index is 1.54. The van der Waals surface area contributed by atoms with Gasteiger partial charge in [0.2, 0.25) is 5.13 Å². The highest BCUT2D eigenvalue weighted by molar-refractivity contribution is 7.13. The molecular formula is C17H17N5O2S. The van der Waals surface area contributed by atoms with Crippen molar-refractivity contribution in [2.45, 2.75) is 13.3 Å². The fourth-order valence-corrected chi connectivity index (χ4v) is 2.76. The summed E-state index contributed by atoms with van der Waals surface area (Å²) in [5.74, 6) is -0.277. The standard InChI is InChI=1S/C17H17N5O2S/c1-2-24-16(23)9-14-11-25-17(20-14)21-19-10-13-3-5-15(6-4-13)22-8-7-18-12-22/h3-8,10-12H,2,9H2,1H3,(H,20,21). The molecule has 2 aromatic heterocycles. The summed E-state index contributed by atoms with van der Waals surface area (Å²) in [6, 6.07) is 7.91. The summed E-state index contributed by atoms with van der Waals surface area (Å²) in [6.07, 6.45) is 7.26. The van der Waals surface area contributed by atoms with Crippen LogP contribution in [0.2, 0.25) is 0 Å². The van der Waals surface area contributed by atoms with E-state index in [-0.39, 0.29) is 12.4 Å². The van der Waals surface area contributed by atoms with Crippen molar-refractivity contribution in [1.29, 1.82) is 0 Å². The predicted octanol–water partition coefficient (Wildman–Crippen LogP) is 2.88. The van der Waals surface area contributed by atoms with E-state index in [1.54, 1.807) is 25.7 Å². The first-order valence-electron chi connectivity index (χ1n) is 7.72. The Bertz CT molecular complexity index is 840. The third-order valence-electron chi connectivity index (χ3n) is 3.25. The second-order valence-electron chi connectivity index (χ2n) is 5.06. The van der Waals surface area contributed by atoms with Gasteiger partial charge in [-0.2, -0.15) is 5.10 Å². The number of anilines is 1. The quantitative estimate of drug-likeness (QED) is 0.400. The molecule has 3 aromatic rings. The second kappa shape index (κ2) is 8.20. The van der Waals surface area contributed by atoms with E-state index in [0.29, 0.717) is 17.4 Å². The first-order valence-corrected chi connectivity index (χ1v) is 8.60. The molecule has 7 nitrogen and oxygen atoms in total. The fourth-order valence-electron chi connectivity index (χ4n) is 2.11. The smallest absolute Gasteiger partial charge is 0.311 e. The van der Waals surface area contributed by atoms with Gasteiger partial charge in [0.1, 0.15) is 0 Å². The molecule has 1 N–H and O–H groups in total. The lowest BCUT2D eigenvalue weighted by Gasteiger charge is -2.01. The van der Waals surface area contributed by atoms with Crippen LogP contribution in [0.3, 0.4) is 0 Å². The van der Waals surface area contributed by atoms with Crippen LogP contribution >= 0.6 is 11.3 Å². The summed E-state index contributed by atoms with van der Waals surface area (Å²) in [5, 5.41) is 6.62. The van der Waals surface area contributed by atoms with Gasteiger partial charge in [-0.05, 0) is 24.6 Å². The molecule has 0 aliphatic carbocycles. The Morgan fingerprint density at radius 2 is 2.24 bits per heavy atom. The highest BCUT2D eigenvalue weighted by Gasteiger charge is 2.07. The molecule has 0 bridgehead atoms. The number of carbonyl (C=O) groups excluding carboxylic acids is 1. The number of hydrazone groups is 1. The molecule has 2 heterocycles. The van der Waals surface area contributed by atoms with Crippen molar-refractivity contribution in [3.8, 4) is 5.69 Å². The maximum Gasteiger partial charge on any atom is 0.311 e. The Labute approximate surface area is 149 Å². The highest BCUT2D eigenvalue weighted by atomic mass is 32.1. The zero-order chi connectivity index (χ0) is 17.5. The lowest BCUT2D eigenvalue weighted by atomic mass is 10.2. The van der Waals surface area contributed by atoms with Crippen LogP contribution < -0.4 is 5.43 Å². The van der Waals surface area contributed by atoms with Gasteiger partial charge in [0.05, 0.1) is 31.3 Å². The number of imidazole rings is 1. The molecule has 3 rings (SSSR count). The third-order valence-corrected chi connectivity index (χ3v) is 4.05. The van der Waals surface area contributed by atoms with E-state index in [2.05, 4.69) is 20.5 Å². The summed E-state index contributed by atoms with van der Waals surface area (Å²) < 4.78 is 6.83. The Morgan fingerprint density at radius 1 is 1.40 bits per heavy atom. The predicted molar refractivity (Wildman–Crippen MR) is 97.2 cm³/mol. The largest absolute Gasteiger partial charge is 0.466 e. The number of aromatic nitrogens is 3. The van der Waals surface area contributed by atoms with Crippen LogP contribution in [0.5, 0.6) is 0 Å².